The number of rotatable bonds is 3. The van der Waals surface area contributed by atoms with Gasteiger partial charge in [0, 0.05) is 44.0 Å². The Kier molecular flexibility index (Phi) is 4.22. The Labute approximate surface area is 148 Å². The summed E-state index contributed by atoms with van der Waals surface area (Å²) in [5.41, 5.74) is 0. The predicted molar refractivity (Wildman–Crippen MR) is 93.0 cm³/mol. The number of pyridine rings is 1. The lowest BCUT2D eigenvalue weighted by molar-refractivity contribution is -0.132. The van der Waals surface area contributed by atoms with E-state index >= 15 is 0 Å². The van der Waals surface area contributed by atoms with E-state index in [9.17, 15) is 9.59 Å². The van der Waals surface area contributed by atoms with E-state index in [2.05, 4.69) is 14.9 Å². The van der Waals surface area contributed by atoms with E-state index in [0.29, 0.717) is 24.7 Å². The van der Waals surface area contributed by atoms with Crippen molar-refractivity contribution < 1.29 is 14.3 Å². The molecule has 4 rings (SSSR count). The molecule has 0 atom stereocenters. The van der Waals surface area contributed by atoms with Crippen molar-refractivity contribution in [2.75, 3.05) is 49.1 Å². The number of fused-ring (bicyclic) bond motifs is 1. The molecule has 9 heteroatoms. The maximum absolute atomic E-state index is 12.6. The lowest BCUT2D eigenvalue weighted by Gasteiger charge is -2.36. The third-order valence-electron chi connectivity index (χ3n) is 4.27. The van der Waals surface area contributed by atoms with Crippen LogP contribution in [0, 0.1) is 0 Å². The van der Waals surface area contributed by atoms with Crippen molar-refractivity contribution in [3.63, 3.8) is 0 Å². The molecule has 0 aromatic carbocycles. The lowest BCUT2D eigenvalue weighted by Crippen LogP contribution is -2.53. The molecule has 2 amide bonds. The number of piperazine rings is 1. The van der Waals surface area contributed by atoms with Gasteiger partial charge in [-0.1, -0.05) is 0 Å². The van der Waals surface area contributed by atoms with Crippen LogP contribution in [0.2, 0.25) is 0 Å². The van der Waals surface area contributed by atoms with Crippen LogP contribution in [0.5, 0.6) is 5.75 Å². The van der Waals surface area contributed by atoms with Crippen LogP contribution in [0.25, 0.3) is 0 Å². The Bertz CT molecular complexity index is 774. The second kappa shape index (κ2) is 6.67. The number of hydrogen-bond donors (Lipinski definition) is 0. The molecule has 0 N–H and O–H groups in total. The number of anilines is 2. The monoisotopic (exact) mass is 359 g/mol. The predicted octanol–water partition coefficient (Wildman–Crippen LogP) is 0.612. The van der Waals surface area contributed by atoms with E-state index in [1.165, 1.54) is 4.90 Å². The molecule has 25 heavy (non-hydrogen) atoms. The highest BCUT2D eigenvalue weighted by molar-refractivity contribution is 7.13. The molecule has 1 fully saturated rings. The van der Waals surface area contributed by atoms with Crippen LogP contribution in [0.15, 0.2) is 29.9 Å². The van der Waals surface area contributed by atoms with Crippen molar-refractivity contribution in [1.29, 1.82) is 0 Å². The molecule has 0 spiro atoms. The van der Waals surface area contributed by atoms with Gasteiger partial charge in [0.15, 0.2) is 23.3 Å². The highest BCUT2D eigenvalue weighted by Crippen LogP contribution is 2.29. The van der Waals surface area contributed by atoms with Crippen molar-refractivity contribution in [2.45, 2.75) is 0 Å². The van der Waals surface area contributed by atoms with Gasteiger partial charge in [0.2, 0.25) is 5.91 Å². The summed E-state index contributed by atoms with van der Waals surface area (Å²) < 4.78 is 5.36. The average molecular weight is 359 g/mol. The van der Waals surface area contributed by atoms with Crippen LogP contribution in [-0.4, -0.2) is 66.0 Å². The largest absolute Gasteiger partial charge is 0.480 e. The Morgan fingerprint density at radius 1 is 1.20 bits per heavy atom. The maximum atomic E-state index is 12.6. The van der Waals surface area contributed by atoms with Crippen molar-refractivity contribution in [3.05, 3.63) is 29.9 Å². The first-order valence-electron chi connectivity index (χ1n) is 8.03. The first-order chi connectivity index (χ1) is 12.2. The van der Waals surface area contributed by atoms with E-state index in [-0.39, 0.29) is 25.0 Å². The van der Waals surface area contributed by atoms with Crippen LogP contribution in [0.4, 0.5) is 10.9 Å². The Morgan fingerprint density at radius 3 is 2.80 bits per heavy atom. The SMILES string of the molecule is O=C(CN1C(=O)COc2cccnc21)N1CCN(c2nccs2)CC1. The quantitative estimate of drug-likeness (QED) is 0.799. The number of nitrogens with zero attached hydrogens (tertiary/aromatic N) is 5. The molecule has 0 radical (unpaired) electrons. The summed E-state index contributed by atoms with van der Waals surface area (Å²) in [5.74, 6) is 0.614. The van der Waals surface area contributed by atoms with Gasteiger partial charge in [-0.15, -0.1) is 11.3 Å². The van der Waals surface area contributed by atoms with E-state index < -0.39 is 0 Å². The number of thiazole rings is 1. The maximum Gasteiger partial charge on any atom is 0.266 e. The van der Waals surface area contributed by atoms with Crippen LogP contribution in [0.1, 0.15) is 0 Å². The second-order valence-electron chi connectivity index (χ2n) is 5.78. The molecule has 0 aliphatic carbocycles. The first kappa shape index (κ1) is 15.8. The molecule has 2 aromatic rings. The molecule has 2 aromatic heterocycles. The topological polar surface area (TPSA) is 78.9 Å². The van der Waals surface area contributed by atoms with Crippen LogP contribution < -0.4 is 14.5 Å². The van der Waals surface area contributed by atoms with Crippen LogP contribution in [-0.2, 0) is 9.59 Å². The lowest BCUT2D eigenvalue weighted by atomic mass is 10.3. The normalized spacial score (nSPS) is 17.3. The van der Waals surface area contributed by atoms with Gasteiger partial charge >= 0.3 is 0 Å². The number of carbonyl (C=O) groups is 2. The summed E-state index contributed by atoms with van der Waals surface area (Å²) in [7, 11) is 0. The van der Waals surface area contributed by atoms with E-state index in [1.807, 2.05) is 5.38 Å². The van der Waals surface area contributed by atoms with Crippen LogP contribution >= 0.6 is 11.3 Å². The fraction of sp³-hybridized carbons (Fsp3) is 0.375. The molecular formula is C16H17N5O3S. The molecule has 0 saturated carbocycles. The zero-order chi connectivity index (χ0) is 17.2. The molecule has 8 nitrogen and oxygen atoms in total. The number of hydrogen-bond acceptors (Lipinski definition) is 7. The zero-order valence-electron chi connectivity index (χ0n) is 13.5. The van der Waals surface area contributed by atoms with Crippen molar-refractivity contribution in [1.82, 2.24) is 14.9 Å². The third-order valence-corrected chi connectivity index (χ3v) is 5.11. The number of ether oxygens (including phenoxy) is 1. The second-order valence-corrected chi connectivity index (χ2v) is 6.65. The van der Waals surface area contributed by atoms with Gasteiger partial charge in [0.05, 0.1) is 0 Å². The molecule has 0 unspecified atom stereocenters. The standard InChI is InChI=1S/C16H17N5O3S/c22-13(19-5-7-20(8-6-19)16-18-4-9-25-16)10-21-14(23)11-24-12-2-1-3-17-15(12)21/h1-4,9H,5-8,10-11H2. The summed E-state index contributed by atoms with van der Waals surface area (Å²) in [6.45, 7) is 2.64. The Morgan fingerprint density at radius 2 is 2.04 bits per heavy atom. The fourth-order valence-corrected chi connectivity index (χ4v) is 3.65. The molecule has 1 saturated heterocycles. The summed E-state index contributed by atoms with van der Waals surface area (Å²) >= 11 is 1.60. The minimum atomic E-state index is -0.249. The highest BCUT2D eigenvalue weighted by Gasteiger charge is 2.31. The van der Waals surface area contributed by atoms with Gasteiger partial charge in [-0.25, -0.2) is 9.97 Å². The number of aromatic nitrogens is 2. The van der Waals surface area contributed by atoms with E-state index in [4.69, 9.17) is 4.74 Å². The smallest absolute Gasteiger partial charge is 0.266 e. The third kappa shape index (κ3) is 3.14. The summed E-state index contributed by atoms with van der Waals surface area (Å²) in [6, 6.07) is 3.49. The number of amides is 2. The molecule has 0 bridgehead atoms. The first-order valence-corrected chi connectivity index (χ1v) is 8.91. The van der Waals surface area contributed by atoms with Gasteiger partial charge in [0.1, 0.15) is 6.54 Å². The van der Waals surface area contributed by atoms with Gasteiger partial charge in [-0.2, -0.15) is 0 Å². The summed E-state index contributed by atoms with van der Waals surface area (Å²) in [4.78, 5) is 38.7. The van der Waals surface area contributed by atoms with Gasteiger partial charge in [-0.3, -0.25) is 14.5 Å². The molecular weight excluding hydrogens is 342 g/mol. The van der Waals surface area contributed by atoms with Gasteiger partial charge in [0.25, 0.3) is 5.91 Å². The Hall–Kier alpha value is -2.68. The molecule has 2 aliphatic rings. The average Bonchev–Trinajstić information content (AvgIpc) is 3.19. The number of carbonyl (C=O) groups excluding carboxylic acids is 2. The zero-order valence-corrected chi connectivity index (χ0v) is 14.3. The minimum Gasteiger partial charge on any atom is -0.480 e. The van der Waals surface area contributed by atoms with E-state index in [0.717, 1.165) is 18.2 Å². The van der Waals surface area contributed by atoms with Crippen LogP contribution in [0.3, 0.4) is 0 Å². The van der Waals surface area contributed by atoms with E-state index in [1.54, 1.807) is 40.8 Å². The fourth-order valence-electron chi connectivity index (χ4n) is 2.95. The Balaban J connectivity index is 1.40. The molecule has 130 valence electrons. The summed E-state index contributed by atoms with van der Waals surface area (Å²) in [6.07, 6.45) is 3.37. The van der Waals surface area contributed by atoms with Gasteiger partial charge < -0.3 is 14.5 Å². The minimum absolute atomic E-state index is 0.0105. The molecule has 4 heterocycles. The van der Waals surface area contributed by atoms with Crippen molar-refractivity contribution in [2.24, 2.45) is 0 Å². The van der Waals surface area contributed by atoms with Crippen molar-refractivity contribution >= 4 is 34.1 Å². The highest BCUT2D eigenvalue weighted by atomic mass is 32.1. The van der Waals surface area contributed by atoms with Gasteiger partial charge in [-0.05, 0) is 12.1 Å². The molecule has 2 aliphatic heterocycles. The van der Waals surface area contributed by atoms with Crippen molar-refractivity contribution in [3.8, 4) is 5.75 Å². The summed E-state index contributed by atoms with van der Waals surface area (Å²) in [5, 5.41) is 2.93.